The van der Waals surface area contributed by atoms with E-state index in [1.54, 1.807) is 18.2 Å². The summed E-state index contributed by atoms with van der Waals surface area (Å²) in [7, 11) is 0. The van der Waals surface area contributed by atoms with E-state index in [4.69, 9.17) is 0 Å². The number of rotatable bonds is 5. The largest absolute Gasteiger partial charge is 0.352 e. The molecule has 0 unspecified atom stereocenters. The first-order valence-electron chi connectivity index (χ1n) is 12.6. The average Bonchev–Trinajstić information content (AvgIpc) is 2.94. The molecule has 0 N–H and O–H groups in total. The maximum absolute atomic E-state index is 13.4. The van der Waals surface area contributed by atoms with E-state index >= 15 is 0 Å². The lowest BCUT2D eigenvalue weighted by atomic mass is 9.97. The summed E-state index contributed by atoms with van der Waals surface area (Å²) in [5.41, 5.74) is 6.92. The summed E-state index contributed by atoms with van der Waals surface area (Å²) in [6.07, 6.45) is 0. The van der Waals surface area contributed by atoms with Crippen LogP contribution in [0, 0.1) is 20.8 Å². The van der Waals surface area contributed by atoms with Gasteiger partial charge >= 0.3 is 0 Å². The molecule has 1 saturated heterocycles. The topological polar surface area (TPSA) is 66.4 Å². The molecule has 4 aromatic rings. The molecule has 1 aromatic heterocycles. The summed E-state index contributed by atoms with van der Waals surface area (Å²) in [6.45, 7) is 8.57. The summed E-state index contributed by atoms with van der Waals surface area (Å²) in [5.74, 6) is 0.545. The quantitative estimate of drug-likeness (QED) is 0.357. The number of hydrogen-bond donors (Lipinski definition) is 0. The number of aromatic nitrogens is 2. The number of ketones is 1. The van der Waals surface area contributed by atoms with Crippen LogP contribution in [0.5, 0.6) is 0 Å². The molecule has 2 heterocycles. The predicted octanol–water partition coefficient (Wildman–Crippen LogP) is 5.26. The minimum absolute atomic E-state index is 0.119. The van der Waals surface area contributed by atoms with Gasteiger partial charge in [0.1, 0.15) is 0 Å². The first-order chi connectivity index (χ1) is 17.9. The second kappa shape index (κ2) is 10.3. The van der Waals surface area contributed by atoms with Crippen molar-refractivity contribution in [2.45, 2.75) is 20.8 Å². The number of piperazine rings is 1. The van der Waals surface area contributed by atoms with Crippen molar-refractivity contribution in [3.05, 3.63) is 112 Å². The van der Waals surface area contributed by atoms with E-state index in [1.807, 2.05) is 54.3 Å². The third kappa shape index (κ3) is 5.14. The number of benzene rings is 3. The molecule has 0 bridgehead atoms. The molecule has 0 aliphatic carbocycles. The zero-order valence-corrected chi connectivity index (χ0v) is 21.4. The number of nitrogens with zero attached hydrogens (tertiary/aromatic N) is 4. The zero-order valence-electron chi connectivity index (χ0n) is 21.4. The highest BCUT2D eigenvalue weighted by atomic mass is 16.2. The number of amides is 1. The number of anilines is 1. The molecule has 1 aliphatic heterocycles. The van der Waals surface area contributed by atoms with E-state index < -0.39 is 0 Å². The molecule has 1 aliphatic rings. The van der Waals surface area contributed by atoms with Gasteiger partial charge in [0.25, 0.3) is 5.91 Å². The Morgan fingerprint density at radius 2 is 1.41 bits per heavy atom. The Labute approximate surface area is 217 Å². The minimum Gasteiger partial charge on any atom is -0.352 e. The summed E-state index contributed by atoms with van der Waals surface area (Å²) in [4.78, 5) is 30.6. The fraction of sp³-hybridized carbons (Fsp3) is 0.226. The van der Waals surface area contributed by atoms with E-state index in [-0.39, 0.29) is 11.7 Å². The van der Waals surface area contributed by atoms with Crippen LogP contribution in [0.3, 0.4) is 0 Å². The molecular formula is C31H30N4O2. The summed E-state index contributed by atoms with van der Waals surface area (Å²) in [6, 6.07) is 24.8. The number of hydrogen-bond acceptors (Lipinski definition) is 5. The smallest absolute Gasteiger partial charge is 0.254 e. The van der Waals surface area contributed by atoms with Gasteiger partial charge in [0.2, 0.25) is 0 Å². The molecule has 37 heavy (non-hydrogen) atoms. The van der Waals surface area contributed by atoms with E-state index in [2.05, 4.69) is 47.1 Å². The van der Waals surface area contributed by atoms with Gasteiger partial charge in [0.15, 0.2) is 11.6 Å². The van der Waals surface area contributed by atoms with Crippen LogP contribution in [-0.2, 0) is 0 Å². The lowest BCUT2D eigenvalue weighted by molar-refractivity contribution is 0.0742. The predicted molar refractivity (Wildman–Crippen MR) is 146 cm³/mol. The van der Waals surface area contributed by atoms with Gasteiger partial charge in [-0.2, -0.15) is 0 Å². The molecular weight excluding hydrogens is 460 g/mol. The number of carbonyl (C=O) groups excluding carboxylic acids is 2. The third-order valence-electron chi connectivity index (χ3n) is 7.06. The minimum atomic E-state index is -0.137. The Bertz CT molecular complexity index is 1440. The van der Waals surface area contributed by atoms with Crippen molar-refractivity contribution in [3.8, 4) is 11.3 Å². The molecule has 6 nitrogen and oxygen atoms in total. The summed E-state index contributed by atoms with van der Waals surface area (Å²) >= 11 is 0. The molecule has 0 atom stereocenters. The van der Waals surface area contributed by atoms with Gasteiger partial charge in [-0.25, -0.2) is 0 Å². The Balaban J connectivity index is 1.26. The van der Waals surface area contributed by atoms with Gasteiger partial charge in [0.05, 0.1) is 11.3 Å². The molecule has 6 heteroatoms. The van der Waals surface area contributed by atoms with Crippen LogP contribution < -0.4 is 4.90 Å². The van der Waals surface area contributed by atoms with Gasteiger partial charge in [-0.3, -0.25) is 9.59 Å². The SMILES string of the molecule is Cc1ccc(C(=O)c2ccccc2C(=O)N2CCN(c3ccc(-c4ccc(C)c(C)c4)nn3)CC2)cc1. The molecule has 5 rings (SSSR count). The van der Waals surface area contributed by atoms with Gasteiger partial charge in [0, 0.05) is 42.9 Å². The van der Waals surface area contributed by atoms with Crippen LogP contribution in [0.2, 0.25) is 0 Å². The molecule has 1 fully saturated rings. The fourth-order valence-electron chi connectivity index (χ4n) is 4.59. The van der Waals surface area contributed by atoms with Crippen LogP contribution in [0.25, 0.3) is 11.3 Å². The third-order valence-corrected chi connectivity index (χ3v) is 7.06. The first kappa shape index (κ1) is 24.4. The first-order valence-corrected chi connectivity index (χ1v) is 12.6. The normalized spacial score (nSPS) is 13.5. The lowest BCUT2D eigenvalue weighted by Crippen LogP contribution is -2.49. The molecule has 1 amide bonds. The van der Waals surface area contributed by atoms with Gasteiger partial charge in [-0.15, -0.1) is 10.2 Å². The number of carbonyl (C=O) groups is 2. The van der Waals surface area contributed by atoms with Crippen molar-refractivity contribution in [2.24, 2.45) is 0 Å². The van der Waals surface area contributed by atoms with Crippen LogP contribution >= 0.6 is 0 Å². The second-order valence-electron chi connectivity index (χ2n) is 9.60. The average molecular weight is 491 g/mol. The van der Waals surface area contributed by atoms with Gasteiger partial charge in [-0.05, 0) is 56.2 Å². The van der Waals surface area contributed by atoms with Crippen molar-refractivity contribution >= 4 is 17.5 Å². The van der Waals surface area contributed by atoms with E-state index in [1.165, 1.54) is 11.1 Å². The van der Waals surface area contributed by atoms with Crippen LogP contribution in [0.15, 0.2) is 78.9 Å². The van der Waals surface area contributed by atoms with Crippen molar-refractivity contribution in [1.82, 2.24) is 15.1 Å². The summed E-state index contributed by atoms with van der Waals surface area (Å²) in [5, 5.41) is 8.92. The van der Waals surface area contributed by atoms with Crippen LogP contribution in [-0.4, -0.2) is 53.0 Å². The Morgan fingerprint density at radius 1 is 0.703 bits per heavy atom. The second-order valence-corrected chi connectivity index (χ2v) is 9.60. The fourth-order valence-corrected chi connectivity index (χ4v) is 4.59. The molecule has 186 valence electrons. The van der Waals surface area contributed by atoms with Gasteiger partial charge < -0.3 is 9.80 Å². The lowest BCUT2D eigenvalue weighted by Gasteiger charge is -2.35. The highest BCUT2D eigenvalue weighted by Gasteiger charge is 2.26. The van der Waals surface area contributed by atoms with E-state index in [0.717, 1.165) is 22.6 Å². The van der Waals surface area contributed by atoms with Crippen molar-refractivity contribution < 1.29 is 9.59 Å². The molecule has 0 radical (unpaired) electrons. The highest BCUT2D eigenvalue weighted by molar-refractivity contribution is 6.15. The Hall–Kier alpha value is -4.32. The standard InChI is InChI=1S/C31H30N4O2/c1-21-8-11-24(12-9-21)30(36)26-6-4-5-7-27(26)31(37)35-18-16-34(17-19-35)29-15-14-28(32-33-29)25-13-10-22(2)23(3)20-25/h4-15,20H,16-19H2,1-3H3. The van der Waals surface area contributed by atoms with Crippen LogP contribution in [0.1, 0.15) is 43.0 Å². The van der Waals surface area contributed by atoms with Crippen molar-refractivity contribution in [1.29, 1.82) is 0 Å². The maximum atomic E-state index is 13.4. The zero-order chi connectivity index (χ0) is 25.9. The van der Waals surface area contributed by atoms with Gasteiger partial charge in [-0.1, -0.05) is 60.2 Å². The molecule has 0 saturated carbocycles. The Morgan fingerprint density at radius 3 is 2.05 bits per heavy atom. The monoisotopic (exact) mass is 490 g/mol. The highest BCUT2D eigenvalue weighted by Crippen LogP contribution is 2.23. The van der Waals surface area contributed by atoms with Crippen molar-refractivity contribution in [3.63, 3.8) is 0 Å². The Kier molecular flexibility index (Phi) is 6.82. The van der Waals surface area contributed by atoms with Crippen molar-refractivity contribution in [2.75, 3.05) is 31.1 Å². The van der Waals surface area contributed by atoms with Crippen LogP contribution in [0.4, 0.5) is 5.82 Å². The molecule has 0 spiro atoms. The summed E-state index contributed by atoms with van der Waals surface area (Å²) < 4.78 is 0. The number of aryl methyl sites for hydroxylation is 3. The van der Waals surface area contributed by atoms with E-state index in [0.29, 0.717) is 42.9 Å². The molecule has 3 aromatic carbocycles. The maximum Gasteiger partial charge on any atom is 0.254 e. The van der Waals surface area contributed by atoms with E-state index in [9.17, 15) is 9.59 Å².